The van der Waals surface area contributed by atoms with Gasteiger partial charge >= 0.3 is 5.97 Å². The minimum absolute atomic E-state index is 0.00473. The smallest absolute Gasteiger partial charge is 0.338 e. The average Bonchev–Trinajstić information content (AvgIpc) is 2.53. The minimum atomic E-state index is -0.980. The van der Waals surface area contributed by atoms with Gasteiger partial charge in [0.1, 0.15) is 0 Å². The van der Waals surface area contributed by atoms with Crippen molar-refractivity contribution in [3.63, 3.8) is 0 Å². The Bertz CT molecular complexity index is 768. The number of hydrogen-bond acceptors (Lipinski definition) is 3. The largest absolute Gasteiger partial charge is 0.478 e. The molecule has 0 aliphatic heterocycles. The fourth-order valence-corrected chi connectivity index (χ4v) is 3.16. The van der Waals surface area contributed by atoms with Crippen molar-refractivity contribution in [3.8, 4) is 11.1 Å². The third-order valence-corrected chi connectivity index (χ3v) is 4.36. The van der Waals surface area contributed by atoms with Gasteiger partial charge in [0, 0.05) is 22.8 Å². The molecule has 0 spiro atoms. The van der Waals surface area contributed by atoms with Crippen molar-refractivity contribution in [1.29, 1.82) is 0 Å². The Hall–Kier alpha value is -1.91. The lowest BCUT2D eigenvalue weighted by Crippen LogP contribution is -2.17. The van der Waals surface area contributed by atoms with E-state index in [1.165, 1.54) is 0 Å². The van der Waals surface area contributed by atoms with Gasteiger partial charge in [-0.25, -0.2) is 4.79 Å². The predicted octanol–water partition coefficient (Wildman–Crippen LogP) is 4.88. The summed E-state index contributed by atoms with van der Waals surface area (Å²) in [7, 11) is 0. The van der Waals surface area contributed by atoms with Crippen LogP contribution in [0.2, 0.25) is 5.02 Å². The van der Waals surface area contributed by atoms with E-state index < -0.39 is 5.97 Å². The predicted molar refractivity (Wildman–Crippen MR) is 102 cm³/mol. The van der Waals surface area contributed by atoms with Gasteiger partial charge in [0.05, 0.1) is 11.3 Å². The zero-order valence-electron chi connectivity index (χ0n) is 15.1. The van der Waals surface area contributed by atoms with E-state index >= 15 is 0 Å². The molecule has 0 radical (unpaired) electrons. The number of carbonyl (C=O) groups is 1. The number of nitrogens with zero attached hydrogens (tertiary/aromatic N) is 1. The zero-order valence-corrected chi connectivity index (χ0v) is 15.9. The van der Waals surface area contributed by atoms with E-state index in [1.54, 1.807) is 12.1 Å². The Morgan fingerprint density at radius 1 is 1.20 bits per heavy atom. The van der Waals surface area contributed by atoms with E-state index in [9.17, 15) is 9.90 Å². The number of hydrogen-bond donors (Lipinski definition) is 2. The molecule has 1 heterocycles. The second-order valence-corrected chi connectivity index (χ2v) is 7.38. The molecule has 0 aliphatic rings. The van der Waals surface area contributed by atoms with Crippen LogP contribution in [0.1, 0.15) is 60.9 Å². The molecule has 3 N–H and O–H groups in total. The summed E-state index contributed by atoms with van der Waals surface area (Å²) in [4.78, 5) is 16.8. The molecule has 0 bridgehead atoms. The molecule has 1 aromatic carbocycles. The summed E-state index contributed by atoms with van der Waals surface area (Å²) in [5.41, 5.74) is 10.0. The number of aromatic nitrogens is 1. The highest BCUT2D eigenvalue weighted by molar-refractivity contribution is 6.30. The second kappa shape index (κ2) is 7.98. The first-order chi connectivity index (χ1) is 11.8. The maximum atomic E-state index is 12.1. The SMILES string of the molecule is CC(C)Cc1nc(C(C)C)c(C(=O)O)c(-c2ccc(Cl)cc2)c1CN. The van der Waals surface area contributed by atoms with Gasteiger partial charge in [0.2, 0.25) is 0 Å². The Morgan fingerprint density at radius 3 is 2.24 bits per heavy atom. The first kappa shape index (κ1) is 19.4. The molecule has 4 nitrogen and oxygen atoms in total. The summed E-state index contributed by atoms with van der Waals surface area (Å²) >= 11 is 6.00. The number of rotatable bonds is 6. The Morgan fingerprint density at radius 2 is 1.80 bits per heavy atom. The molecule has 0 atom stereocenters. The number of benzene rings is 1. The zero-order chi connectivity index (χ0) is 18.7. The minimum Gasteiger partial charge on any atom is -0.478 e. The molecule has 2 rings (SSSR count). The maximum absolute atomic E-state index is 12.1. The first-order valence-corrected chi connectivity index (χ1v) is 8.88. The first-order valence-electron chi connectivity index (χ1n) is 8.51. The maximum Gasteiger partial charge on any atom is 0.338 e. The summed E-state index contributed by atoms with van der Waals surface area (Å²) in [6.45, 7) is 8.39. The number of pyridine rings is 1. The molecule has 0 saturated heterocycles. The number of carboxylic acids is 1. The van der Waals surface area contributed by atoms with Crippen LogP contribution in [0.3, 0.4) is 0 Å². The fraction of sp³-hybridized carbons (Fsp3) is 0.400. The molecule has 134 valence electrons. The van der Waals surface area contributed by atoms with Crippen molar-refractivity contribution in [2.45, 2.75) is 46.6 Å². The van der Waals surface area contributed by atoms with Crippen molar-refractivity contribution in [3.05, 3.63) is 51.8 Å². The van der Waals surface area contributed by atoms with E-state index in [-0.39, 0.29) is 18.0 Å². The molecule has 0 amide bonds. The lowest BCUT2D eigenvalue weighted by Gasteiger charge is -2.21. The molecule has 1 aromatic heterocycles. The van der Waals surface area contributed by atoms with Gasteiger partial charge in [-0.15, -0.1) is 0 Å². The van der Waals surface area contributed by atoms with Gasteiger partial charge in [-0.2, -0.15) is 0 Å². The lowest BCUT2D eigenvalue weighted by atomic mass is 9.87. The summed E-state index contributed by atoms with van der Waals surface area (Å²) in [6, 6.07) is 7.21. The van der Waals surface area contributed by atoms with Crippen LogP contribution in [0.15, 0.2) is 24.3 Å². The Kier molecular flexibility index (Phi) is 6.20. The summed E-state index contributed by atoms with van der Waals surface area (Å²) in [5.74, 6) is -0.589. The quantitative estimate of drug-likeness (QED) is 0.769. The molecule has 0 fully saturated rings. The number of aromatic carboxylic acids is 1. The molecular weight excluding hydrogens is 336 g/mol. The molecule has 0 saturated carbocycles. The Balaban J connectivity index is 2.89. The van der Waals surface area contributed by atoms with Crippen molar-refractivity contribution >= 4 is 17.6 Å². The highest BCUT2D eigenvalue weighted by Gasteiger charge is 2.26. The molecule has 25 heavy (non-hydrogen) atoms. The van der Waals surface area contributed by atoms with Crippen LogP contribution in [0.5, 0.6) is 0 Å². The van der Waals surface area contributed by atoms with Crippen molar-refractivity contribution < 1.29 is 9.90 Å². The van der Waals surface area contributed by atoms with E-state index in [0.29, 0.717) is 22.2 Å². The van der Waals surface area contributed by atoms with Gasteiger partial charge in [0.15, 0.2) is 0 Å². The lowest BCUT2D eigenvalue weighted by molar-refractivity contribution is 0.0695. The highest BCUT2D eigenvalue weighted by atomic mass is 35.5. The van der Waals surface area contributed by atoms with Crippen LogP contribution < -0.4 is 5.73 Å². The van der Waals surface area contributed by atoms with Crippen LogP contribution in [0.25, 0.3) is 11.1 Å². The van der Waals surface area contributed by atoms with Gasteiger partial charge in [-0.3, -0.25) is 4.98 Å². The van der Waals surface area contributed by atoms with Gasteiger partial charge in [-0.05, 0) is 41.5 Å². The summed E-state index contributed by atoms with van der Waals surface area (Å²) in [5, 5.41) is 10.5. The highest BCUT2D eigenvalue weighted by Crippen LogP contribution is 2.35. The van der Waals surface area contributed by atoms with Crippen molar-refractivity contribution in [2.24, 2.45) is 11.7 Å². The molecule has 5 heteroatoms. The van der Waals surface area contributed by atoms with Crippen LogP contribution in [-0.4, -0.2) is 16.1 Å². The number of carboxylic acid groups (broad SMARTS) is 1. The third-order valence-electron chi connectivity index (χ3n) is 4.11. The van der Waals surface area contributed by atoms with E-state index in [1.807, 2.05) is 26.0 Å². The molecule has 0 unspecified atom stereocenters. The van der Waals surface area contributed by atoms with Crippen LogP contribution in [0.4, 0.5) is 0 Å². The number of halogens is 1. The topological polar surface area (TPSA) is 76.2 Å². The second-order valence-electron chi connectivity index (χ2n) is 6.94. The van der Waals surface area contributed by atoms with Crippen LogP contribution in [-0.2, 0) is 13.0 Å². The standard InChI is InChI=1S/C20H25ClN2O2/c1-11(2)9-16-15(10-22)17(13-5-7-14(21)8-6-13)18(20(24)25)19(23-16)12(3)4/h5-8,11-12H,9-10,22H2,1-4H3,(H,24,25). The molecular formula is C20H25ClN2O2. The van der Waals surface area contributed by atoms with Crippen molar-refractivity contribution in [2.75, 3.05) is 0 Å². The van der Waals surface area contributed by atoms with Gasteiger partial charge in [-0.1, -0.05) is 51.4 Å². The number of nitrogens with two attached hydrogens (primary N) is 1. The van der Waals surface area contributed by atoms with Gasteiger partial charge in [0.25, 0.3) is 0 Å². The molecule has 2 aromatic rings. The average molecular weight is 361 g/mol. The van der Waals surface area contributed by atoms with Crippen molar-refractivity contribution in [1.82, 2.24) is 4.98 Å². The Labute approximate surface area is 154 Å². The summed E-state index contributed by atoms with van der Waals surface area (Å²) < 4.78 is 0. The van der Waals surface area contributed by atoms with E-state index in [4.69, 9.17) is 22.3 Å². The van der Waals surface area contributed by atoms with Gasteiger partial charge < -0.3 is 10.8 Å². The van der Waals surface area contributed by atoms with Crippen LogP contribution >= 0.6 is 11.6 Å². The molecule has 0 aliphatic carbocycles. The van der Waals surface area contributed by atoms with Crippen LogP contribution in [0, 0.1) is 5.92 Å². The fourth-order valence-electron chi connectivity index (χ4n) is 3.04. The summed E-state index contributed by atoms with van der Waals surface area (Å²) in [6.07, 6.45) is 0.757. The normalized spacial score (nSPS) is 11.4. The monoisotopic (exact) mass is 360 g/mol. The van der Waals surface area contributed by atoms with E-state index in [2.05, 4.69) is 13.8 Å². The van der Waals surface area contributed by atoms with E-state index in [0.717, 1.165) is 23.2 Å². The third kappa shape index (κ3) is 4.20.